The molecule has 0 heterocycles. The van der Waals surface area contributed by atoms with Crippen LogP contribution in [0, 0.1) is 0 Å². The van der Waals surface area contributed by atoms with E-state index in [9.17, 15) is 9.90 Å². The summed E-state index contributed by atoms with van der Waals surface area (Å²) in [5, 5.41) is 12.1. The van der Waals surface area contributed by atoms with Gasteiger partial charge in [-0.05, 0) is 37.5 Å². The van der Waals surface area contributed by atoms with Crippen molar-refractivity contribution >= 4 is 5.91 Å². The lowest BCUT2D eigenvalue weighted by atomic mass is 10.1. The van der Waals surface area contributed by atoms with Crippen LogP contribution in [0.3, 0.4) is 0 Å². The van der Waals surface area contributed by atoms with Crippen molar-refractivity contribution in [2.45, 2.75) is 38.3 Å². The molecule has 4 N–H and O–H groups in total. The van der Waals surface area contributed by atoms with Crippen molar-refractivity contribution in [1.29, 1.82) is 0 Å². The highest BCUT2D eigenvalue weighted by atomic mass is 16.5. The zero-order chi connectivity index (χ0) is 15.0. The van der Waals surface area contributed by atoms with E-state index in [4.69, 9.17) is 10.5 Å². The Labute approximate surface area is 120 Å². The summed E-state index contributed by atoms with van der Waals surface area (Å²) >= 11 is 0. The number of ether oxygens (including phenoxy) is 1. The van der Waals surface area contributed by atoms with Crippen molar-refractivity contribution in [3.05, 3.63) is 29.8 Å². The van der Waals surface area contributed by atoms with Crippen LogP contribution in [0.4, 0.5) is 0 Å². The fourth-order valence-corrected chi connectivity index (χ4v) is 1.92. The van der Waals surface area contributed by atoms with Gasteiger partial charge in [0.25, 0.3) is 0 Å². The first-order valence-electron chi connectivity index (χ1n) is 6.85. The minimum Gasteiger partial charge on any atom is -0.508 e. The molecule has 2 unspecified atom stereocenters. The lowest BCUT2D eigenvalue weighted by molar-refractivity contribution is -0.124. The number of carbonyl (C=O) groups is 1. The average molecular weight is 280 g/mol. The van der Waals surface area contributed by atoms with Crippen LogP contribution >= 0.6 is 0 Å². The van der Waals surface area contributed by atoms with Gasteiger partial charge < -0.3 is 20.9 Å². The van der Waals surface area contributed by atoms with Crippen LogP contribution in [0.2, 0.25) is 0 Å². The van der Waals surface area contributed by atoms with Gasteiger partial charge in [-0.2, -0.15) is 0 Å². The molecule has 0 aliphatic heterocycles. The summed E-state index contributed by atoms with van der Waals surface area (Å²) in [6, 6.07) is 7.21. The van der Waals surface area contributed by atoms with E-state index < -0.39 is 0 Å². The molecule has 1 aromatic carbocycles. The molecule has 112 valence electrons. The predicted molar refractivity (Wildman–Crippen MR) is 78.5 cm³/mol. The number of carbonyl (C=O) groups excluding carboxylic acids is 1. The van der Waals surface area contributed by atoms with E-state index in [0.717, 1.165) is 18.4 Å². The van der Waals surface area contributed by atoms with Crippen LogP contribution in [0.25, 0.3) is 0 Å². The van der Waals surface area contributed by atoms with Gasteiger partial charge in [0.1, 0.15) is 5.75 Å². The number of methoxy groups -OCH3 is 1. The molecule has 5 nitrogen and oxygen atoms in total. The van der Waals surface area contributed by atoms with E-state index in [1.165, 1.54) is 0 Å². The second kappa shape index (κ2) is 8.55. The highest BCUT2D eigenvalue weighted by molar-refractivity contribution is 5.76. The fraction of sp³-hybridized carbons (Fsp3) is 0.533. The number of aromatic hydroxyl groups is 1. The second-order valence-electron chi connectivity index (χ2n) is 4.97. The maximum atomic E-state index is 11.8. The summed E-state index contributed by atoms with van der Waals surface area (Å²) in [4.78, 5) is 11.8. The first-order chi connectivity index (χ1) is 9.55. The van der Waals surface area contributed by atoms with E-state index in [1.807, 2.05) is 19.1 Å². The smallest absolute Gasteiger partial charge is 0.222 e. The molecule has 1 aromatic rings. The number of rotatable bonds is 8. The molecule has 0 saturated carbocycles. The Morgan fingerprint density at radius 1 is 1.40 bits per heavy atom. The Hall–Kier alpha value is -1.59. The number of nitrogens with one attached hydrogen (secondary N) is 1. The minimum atomic E-state index is -0.223. The number of phenolic OH excluding ortho intramolecular Hbond substituents is 1. The summed E-state index contributed by atoms with van der Waals surface area (Å²) in [7, 11) is 1.55. The summed E-state index contributed by atoms with van der Waals surface area (Å²) in [6.07, 6.45) is 1.76. The topological polar surface area (TPSA) is 84.6 Å². The Kier molecular flexibility index (Phi) is 7.04. The fourth-order valence-electron chi connectivity index (χ4n) is 1.92. The highest BCUT2D eigenvalue weighted by Gasteiger charge is 2.13. The van der Waals surface area contributed by atoms with Gasteiger partial charge in [-0.3, -0.25) is 4.79 Å². The minimum absolute atomic E-state index is 0.0412. The molecule has 0 aliphatic rings. The molecule has 0 bridgehead atoms. The van der Waals surface area contributed by atoms with Gasteiger partial charge in [-0.15, -0.1) is 0 Å². The Morgan fingerprint density at radius 2 is 2.05 bits per heavy atom. The highest BCUT2D eigenvalue weighted by Crippen LogP contribution is 2.12. The molecular weight excluding hydrogens is 256 g/mol. The number of hydrogen-bond donors (Lipinski definition) is 3. The van der Waals surface area contributed by atoms with Crippen molar-refractivity contribution in [3.8, 4) is 5.75 Å². The third-order valence-electron chi connectivity index (χ3n) is 3.22. The quantitative estimate of drug-likeness (QED) is 0.668. The summed E-state index contributed by atoms with van der Waals surface area (Å²) in [5.41, 5.74) is 6.62. The SMILES string of the molecule is COC(CN)CC(=O)NC(C)CCc1ccc(O)cc1. The normalized spacial score (nSPS) is 13.8. The van der Waals surface area contributed by atoms with Crippen molar-refractivity contribution in [1.82, 2.24) is 5.32 Å². The van der Waals surface area contributed by atoms with Crippen LogP contribution in [0.5, 0.6) is 5.75 Å². The third kappa shape index (κ3) is 6.04. The maximum Gasteiger partial charge on any atom is 0.222 e. The zero-order valence-corrected chi connectivity index (χ0v) is 12.1. The molecule has 1 amide bonds. The van der Waals surface area contributed by atoms with Gasteiger partial charge in [-0.25, -0.2) is 0 Å². The molecule has 2 atom stereocenters. The number of hydrogen-bond acceptors (Lipinski definition) is 4. The lowest BCUT2D eigenvalue weighted by Crippen LogP contribution is -2.37. The van der Waals surface area contributed by atoms with Gasteiger partial charge >= 0.3 is 0 Å². The maximum absolute atomic E-state index is 11.8. The first-order valence-corrected chi connectivity index (χ1v) is 6.85. The standard InChI is InChI=1S/C15H24N2O3/c1-11(17-15(19)9-14(10-16)20-2)3-4-12-5-7-13(18)8-6-12/h5-8,11,14,18H,3-4,9-10,16H2,1-2H3,(H,17,19). The number of aryl methyl sites for hydroxylation is 1. The van der Waals surface area contributed by atoms with Gasteiger partial charge in [0, 0.05) is 19.7 Å². The zero-order valence-electron chi connectivity index (χ0n) is 12.1. The van der Waals surface area contributed by atoms with E-state index in [0.29, 0.717) is 6.54 Å². The predicted octanol–water partition coefficient (Wildman–Crippen LogP) is 1.19. The van der Waals surface area contributed by atoms with Gasteiger partial charge in [0.05, 0.1) is 12.5 Å². The van der Waals surface area contributed by atoms with Crippen LogP contribution in [0.1, 0.15) is 25.3 Å². The lowest BCUT2D eigenvalue weighted by Gasteiger charge is -2.17. The second-order valence-corrected chi connectivity index (χ2v) is 4.97. The van der Waals surface area contributed by atoms with Crippen molar-refractivity contribution in [2.24, 2.45) is 5.73 Å². The van der Waals surface area contributed by atoms with E-state index in [-0.39, 0.29) is 30.2 Å². The Morgan fingerprint density at radius 3 is 2.60 bits per heavy atom. The average Bonchev–Trinajstić information content (AvgIpc) is 2.44. The molecule has 20 heavy (non-hydrogen) atoms. The first kappa shape index (κ1) is 16.5. The number of amides is 1. The number of phenols is 1. The van der Waals surface area contributed by atoms with E-state index in [2.05, 4.69) is 5.32 Å². The Bertz CT molecular complexity index is 402. The molecule has 0 aromatic heterocycles. The molecule has 0 spiro atoms. The van der Waals surface area contributed by atoms with Crippen LogP contribution in [-0.4, -0.2) is 36.8 Å². The Balaban J connectivity index is 2.30. The number of benzene rings is 1. The van der Waals surface area contributed by atoms with Gasteiger partial charge in [0.2, 0.25) is 5.91 Å². The monoisotopic (exact) mass is 280 g/mol. The molecule has 0 saturated heterocycles. The van der Waals surface area contributed by atoms with Crippen LogP contribution in [-0.2, 0) is 16.0 Å². The summed E-state index contributed by atoms with van der Waals surface area (Å²) < 4.78 is 5.08. The van der Waals surface area contributed by atoms with Crippen LogP contribution < -0.4 is 11.1 Å². The molecular formula is C15H24N2O3. The van der Waals surface area contributed by atoms with Crippen molar-refractivity contribution in [2.75, 3.05) is 13.7 Å². The van der Waals surface area contributed by atoms with Gasteiger partial charge in [-0.1, -0.05) is 12.1 Å². The number of nitrogens with two attached hydrogens (primary N) is 1. The molecule has 0 aliphatic carbocycles. The molecule has 5 heteroatoms. The van der Waals surface area contributed by atoms with Crippen molar-refractivity contribution in [3.63, 3.8) is 0 Å². The third-order valence-corrected chi connectivity index (χ3v) is 3.22. The van der Waals surface area contributed by atoms with Crippen molar-refractivity contribution < 1.29 is 14.6 Å². The largest absolute Gasteiger partial charge is 0.508 e. The van der Waals surface area contributed by atoms with E-state index >= 15 is 0 Å². The summed E-state index contributed by atoms with van der Waals surface area (Å²) in [5.74, 6) is 0.225. The summed E-state index contributed by atoms with van der Waals surface area (Å²) in [6.45, 7) is 2.31. The van der Waals surface area contributed by atoms with Crippen LogP contribution in [0.15, 0.2) is 24.3 Å². The molecule has 0 radical (unpaired) electrons. The molecule has 1 rings (SSSR count). The van der Waals surface area contributed by atoms with E-state index in [1.54, 1.807) is 19.2 Å². The van der Waals surface area contributed by atoms with Gasteiger partial charge in [0.15, 0.2) is 0 Å². The molecule has 0 fully saturated rings.